The van der Waals surface area contributed by atoms with Crippen LogP contribution in [0.5, 0.6) is 5.75 Å². The molecule has 1 aromatic rings. The lowest BCUT2D eigenvalue weighted by Gasteiger charge is -2.26. The van der Waals surface area contributed by atoms with Crippen LogP contribution in [0.4, 0.5) is 4.79 Å². The maximum absolute atomic E-state index is 12.7. The summed E-state index contributed by atoms with van der Waals surface area (Å²) in [5.74, 6) is -0.0412. The second-order valence-electron chi connectivity index (χ2n) is 9.69. The van der Waals surface area contributed by atoms with Gasteiger partial charge in [0, 0.05) is 12.8 Å². The molecule has 0 saturated carbocycles. The van der Waals surface area contributed by atoms with E-state index in [0.29, 0.717) is 31.8 Å². The summed E-state index contributed by atoms with van der Waals surface area (Å²) in [6.45, 7) is 13.2. The van der Waals surface area contributed by atoms with Gasteiger partial charge in [0.1, 0.15) is 23.0 Å². The SMILES string of the molecule is CCOC(=O)CCCCOc1ccc(CC(NC(=O)OC(C)(C)C)C(=O)OC(C)(C)C)cc1. The Morgan fingerprint density at radius 3 is 2.06 bits per heavy atom. The summed E-state index contributed by atoms with van der Waals surface area (Å²) in [7, 11) is 0. The van der Waals surface area contributed by atoms with Crippen molar-refractivity contribution in [2.45, 2.75) is 91.4 Å². The first kappa shape index (κ1) is 28.3. The van der Waals surface area contributed by atoms with Crippen LogP contribution >= 0.6 is 0 Å². The first-order chi connectivity index (χ1) is 15.3. The fraction of sp³-hybridized carbons (Fsp3) is 0.640. The van der Waals surface area contributed by atoms with Crippen LogP contribution in [0.2, 0.25) is 0 Å². The van der Waals surface area contributed by atoms with Crippen molar-refractivity contribution in [1.29, 1.82) is 0 Å². The largest absolute Gasteiger partial charge is 0.494 e. The number of carbonyl (C=O) groups excluding carboxylic acids is 3. The molecule has 0 aliphatic heterocycles. The Labute approximate surface area is 197 Å². The zero-order valence-corrected chi connectivity index (χ0v) is 21.0. The number of unbranched alkanes of at least 4 members (excludes halogenated alkanes) is 1. The molecule has 0 fully saturated rings. The van der Waals surface area contributed by atoms with Crippen LogP contribution in [-0.2, 0) is 30.2 Å². The van der Waals surface area contributed by atoms with E-state index in [0.717, 1.165) is 12.0 Å². The minimum absolute atomic E-state index is 0.193. The number of alkyl carbamates (subject to hydrolysis) is 1. The van der Waals surface area contributed by atoms with E-state index < -0.39 is 29.3 Å². The molecule has 1 amide bonds. The predicted octanol–water partition coefficient (Wildman–Crippen LogP) is 4.58. The van der Waals surface area contributed by atoms with Crippen molar-refractivity contribution >= 4 is 18.0 Å². The maximum Gasteiger partial charge on any atom is 0.408 e. The molecule has 0 aliphatic rings. The molecule has 0 aromatic heterocycles. The van der Waals surface area contributed by atoms with Crippen LogP contribution in [0.3, 0.4) is 0 Å². The molecular weight excluding hydrogens is 426 g/mol. The van der Waals surface area contributed by atoms with Gasteiger partial charge in [0.25, 0.3) is 0 Å². The van der Waals surface area contributed by atoms with Gasteiger partial charge in [-0.1, -0.05) is 12.1 Å². The zero-order chi connectivity index (χ0) is 25.1. The highest BCUT2D eigenvalue weighted by atomic mass is 16.6. The van der Waals surface area contributed by atoms with Gasteiger partial charge in [-0.15, -0.1) is 0 Å². The molecule has 33 heavy (non-hydrogen) atoms. The molecule has 0 saturated heterocycles. The molecule has 1 aromatic carbocycles. The molecule has 0 spiro atoms. The molecule has 1 unspecified atom stereocenters. The van der Waals surface area contributed by atoms with Gasteiger partial charge < -0.3 is 24.3 Å². The van der Waals surface area contributed by atoms with E-state index >= 15 is 0 Å². The summed E-state index contributed by atoms with van der Waals surface area (Å²) in [6.07, 6.45) is 1.38. The van der Waals surface area contributed by atoms with Gasteiger partial charge in [-0.25, -0.2) is 9.59 Å². The number of esters is 2. The highest BCUT2D eigenvalue weighted by Gasteiger charge is 2.29. The molecule has 1 atom stereocenters. The second-order valence-corrected chi connectivity index (χ2v) is 9.69. The maximum atomic E-state index is 12.7. The zero-order valence-electron chi connectivity index (χ0n) is 21.0. The first-order valence-corrected chi connectivity index (χ1v) is 11.4. The minimum atomic E-state index is -0.895. The first-order valence-electron chi connectivity index (χ1n) is 11.4. The van der Waals surface area contributed by atoms with E-state index in [1.165, 1.54) is 0 Å². The van der Waals surface area contributed by atoms with Gasteiger partial charge in [-0.05, 0) is 79.0 Å². The number of nitrogens with one attached hydrogen (secondary N) is 1. The van der Waals surface area contributed by atoms with E-state index in [1.54, 1.807) is 60.6 Å². The Balaban J connectivity index is 2.66. The normalized spacial score (nSPS) is 12.5. The van der Waals surface area contributed by atoms with Crippen LogP contribution in [0.25, 0.3) is 0 Å². The lowest BCUT2D eigenvalue weighted by Crippen LogP contribution is -2.47. The number of hydrogen-bond donors (Lipinski definition) is 1. The molecule has 0 aliphatic carbocycles. The Bertz CT molecular complexity index is 760. The number of benzene rings is 1. The monoisotopic (exact) mass is 465 g/mol. The number of hydrogen-bond acceptors (Lipinski definition) is 7. The molecule has 8 heteroatoms. The van der Waals surface area contributed by atoms with E-state index in [1.807, 2.05) is 12.1 Å². The van der Waals surface area contributed by atoms with Crippen LogP contribution in [0.15, 0.2) is 24.3 Å². The Hall–Kier alpha value is -2.77. The molecule has 1 rings (SSSR count). The van der Waals surface area contributed by atoms with E-state index in [4.69, 9.17) is 18.9 Å². The molecule has 186 valence electrons. The van der Waals surface area contributed by atoms with Crippen LogP contribution < -0.4 is 10.1 Å². The van der Waals surface area contributed by atoms with Gasteiger partial charge in [-0.3, -0.25) is 4.79 Å². The second kappa shape index (κ2) is 13.1. The van der Waals surface area contributed by atoms with Crippen molar-refractivity contribution < 1.29 is 33.3 Å². The smallest absolute Gasteiger partial charge is 0.408 e. The third kappa shape index (κ3) is 13.4. The van der Waals surface area contributed by atoms with E-state index in [9.17, 15) is 14.4 Å². The van der Waals surface area contributed by atoms with Crippen LogP contribution in [0.1, 0.15) is 73.3 Å². The van der Waals surface area contributed by atoms with Crippen molar-refractivity contribution in [3.63, 3.8) is 0 Å². The summed E-state index contributed by atoms with van der Waals surface area (Å²) >= 11 is 0. The van der Waals surface area contributed by atoms with E-state index in [-0.39, 0.29) is 12.4 Å². The fourth-order valence-electron chi connectivity index (χ4n) is 2.77. The number of rotatable bonds is 11. The van der Waals surface area contributed by atoms with Crippen LogP contribution in [0, 0.1) is 0 Å². The average molecular weight is 466 g/mol. The minimum Gasteiger partial charge on any atom is -0.494 e. The molecule has 8 nitrogen and oxygen atoms in total. The van der Waals surface area contributed by atoms with Gasteiger partial charge >= 0.3 is 18.0 Å². The van der Waals surface area contributed by atoms with Gasteiger partial charge in [0.2, 0.25) is 0 Å². The summed E-state index contributed by atoms with van der Waals surface area (Å²) in [5, 5.41) is 2.62. The predicted molar refractivity (Wildman–Crippen MR) is 125 cm³/mol. The van der Waals surface area contributed by atoms with Crippen molar-refractivity contribution in [1.82, 2.24) is 5.32 Å². The third-order valence-corrected chi connectivity index (χ3v) is 4.09. The number of carbonyl (C=O) groups is 3. The Kier molecular flexibility index (Phi) is 11.2. The summed E-state index contributed by atoms with van der Waals surface area (Å²) in [6, 6.07) is 6.39. The lowest BCUT2D eigenvalue weighted by molar-refractivity contribution is -0.157. The van der Waals surface area contributed by atoms with Crippen LogP contribution in [-0.4, -0.2) is 48.5 Å². The fourth-order valence-corrected chi connectivity index (χ4v) is 2.77. The van der Waals surface area contributed by atoms with Crippen molar-refractivity contribution in [2.24, 2.45) is 0 Å². The molecular formula is C25H39NO7. The van der Waals surface area contributed by atoms with Gasteiger partial charge in [-0.2, -0.15) is 0 Å². The van der Waals surface area contributed by atoms with E-state index in [2.05, 4.69) is 5.32 Å². The molecule has 0 radical (unpaired) electrons. The van der Waals surface area contributed by atoms with Crippen molar-refractivity contribution in [2.75, 3.05) is 13.2 Å². The summed E-state index contributed by atoms with van der Waals surface area (Å²) in [4.78, 5) is 36.2. The van der Waals surface area contributed by atoms with Gasteiger partial charge in [0.15, 0.2) is 0 Å². The topological polar surface area (TPSA) is 100 Å². The highest BCUT2D eigenvalue weighted by molar-refractivity contribution is 5.82. The molecule has 1 N–H and O–H groups in total. The standard InChI is InChI=1S/C25H39NO7/c1-8-30-21(27)11-9-10-16-31-19-14-12-18(13-15-19)17-20(22(28)32-24(2,3)4)26-23(29)33-25(5,6)7/h12-15,20H,8-11,16-17H2,1-7H3,(H,26,29). The lowest BCUT2D eigenvalue weighted by atomic mass is 10.1. The molecule has 0 heterocycles. The number of ether oxygens (including phenoxy) is 4. The van der Waals surface area contributed by atoms with Gasteiger partial charge in [0.05, 0.1) is 13.2 Å². The number of amides is 1. The average Bonchev–Trinajstić information content (AvgIpc) is 2.66. The highest BCUT2D eigenvalue weighted by Crippen LogP contribution is 2.17. The third-order valence-electron chi connectivity index (χ3n) is 4.09. The Morgan fingerprint density at radius 2 is 1.52 bits per heavy atom. The van der Waals surface area contributed by atoms with Crippen molar-refractivity contribution in [3.8, 4) is 5.75 Å². The van der Waals surface area contributed by atoms with Crippen molar-refractivity contribution in [3.05, 3.63) is 29.8 Å². The Morgan fingerprint density at radius 1 is 0.909 bits per heavy atom. The quantitative estimate of drug-likeness (QED) is 0.290. The summed E-state index contributed by atoms with van der Waals surface area (Å²) < 4.78 is 21.4. The summed E-state index contributed by atoms with van der Waals surface area (Å²) in [5.41, 5.74) is -0.537. The molecule has 0 bridgehead atoms.